The summed E-state index contributed by atoms with van der Waals surface area (Å²) in [5.74, 6) is 0. The Bertz CT molecular complexity index is 229. The zero-order valence-corrected chi connectivity index (χ0v) is 11.0. The fourth-order valence-electron chi connectivity index (χ4n) is 2.78. The summed E-state index contributed by atoms with van der Waals surface area (Å²) >= 11 is 0. The van der Waals surface area contributed by atoms with Gasteiger partial charge in [0.1, 0.15) is 0 Å². The predicted molar refractivity (Wildman–Crippen MR) is 66.2 cm³/mol. The molecule has 3 atom stereocenters. The van der Waals surface area contributed by atoms with E-state index in [-0.39, 0.29) is 5.60 Å². The Balaban J connectivity index is 1.77. The van der Waals surface area contributed by atoms with Gasteiger partial charge in [-0.25, -0.2) is 0 Å². The van der Waals surface area contributed by atoms with Crippen LogP contribution in [-0.2, 0) is 14.2 Å². The monoisotopic (exact) mass is 243 g/mol. The Kier molecular flexibility index (Phi) is 4.79. The summed E-state index contributed by atoms with van der Waals surface area (Å²) in [5.41, 5.74) is 0.00124. The van der Waals surface area contributed by atoms with E-state index >= 15 is 0 Å². The van der Waals surface area contributed by atoms with Crippen LogP contribution >= 0.6 is 0 Å². The lowest BCUT2D eigenvalue weighted by Gasteiger charge is -2.38. The molecule has 2 aliphatic heterocycles. The standard InChI is InChI=1S/C13H25NO3/c1-3-15-9-11(2)14-12-4-6-17-13(8-12)5-7-16-10-13/h11-12,14H,3-10H2,1-2H3. The highest BCUT2D eigenvalue weighted by Crippen LogP contribution is 2.32. The number of hydrogen-bond donors (Lipinski definition) is 1. The molecule has 17 heavy (non-hydrogen) atoms. The molecule has 1 spiro atoms. The first-order valence-corrected chi connectivity index (χ1v) is 6.79. The normalized spacial score (nSPS) is 35.3. The lowest BCUT2D eigenvalue weighted by atomic mass is 9.89. The van der Waals surface area contributed by atoms with Crippen LogP contribution in [0.3, 0.4) is 0 Å². The van der Waals surface area contributed by atoms with Crippen molar-refractivity contribution in [2.45, 2.75) is 50.8 Å². The van der Waals surface area contributed by atoms with Gasteiger partial charge in [-0.1, -0.05) is 0 Å². The van der Waals surface area contributed by atoms with Crippen molar-refractivity contribution in [1.82, 2.24) is 5.32 Å². The second kappa shape index (κ2) is 6.14. The summed E-state index contributed by atoms with van der Waals surface area (Å²) in [5, 5.41) is 3.64. The Labute approximate surface area is 104 Å². The van der Waals surface area contributed by atoms with Crippen LogP contribution in [0.2, 0.25) is 0 Å². The molecule has 0 amide bonds. The molecule has 0 saturated carbocycles. The molecule has 2 fully saturated rings. The molecule has 0 aliphatic carbocycles. The van der Waals surface area contributed by atoms with Crippen molar-refractivity contribution in [2.24, 2.45) is 0 Å². The van der Waals surface area contributed by atoms with Crippen LogP contribution < -0.4 is 5.32 Å². The quantitative estimate of drug-likeness (QED) is 0.791. The second-order valence-corrected chi connectivity index (χ2v) is 5.25. The molecule has 4 heteroatoms. The third-order valence-electron chi connectivity index (χ3n) is 3.65. The predicted octanol–water partition coefficient (Wildman–Crippen LogP) is 1.34. The Hall–Kier alpha value is -0.160. The maximum atomic E-state index is 5.92. The van der Waals surface area contributed by atoms with Crippen LogP contribution in [-0.4, -0.2) is 50.7 Å². The number of ether oxygens (including phenoxy) is 3. The van der Waals surface area contributed by atoms with E-state index in [0.717, 1.165) is 52.3 Å². The van der Waals surface area contributed by atoms with Crippen LogP contribution in [0.1, 0.15) is 33.1 Å². The average molecular weight is 243 g/mol. The molecule has 2 saturated heterocycles. The molecular weight excluding hydrogens is 218 g/mol. The molecule has 0 aromatic rings. The van der Waals surface area contributed by atoms with Gasteiger partial charge in [-0.15, -0.1) is 0 Å². The van der Waals surface area contributed by atoms with Crippen LogP contribution in [0.25, 0.3) is 0 Å². The minimum Gasteiger partial charge on any atom is -0.380 e. The van der Waals surface area contributed by atoms with E-state index in [2.05, 4.69) is 12.2 Å². The van der Waals surface area contributed by atoms with E-state index in [4.69, 9.17) is 14.2 Å². The van der Waals surface area contributed by atoms with Crippen molar-refractivity contribution in [1.29, 1.82) is 0 Å². The minimum atomic E-state index is 0.00124. The highest BCUT2D eigenvalue weighted by molar-refractivity contribution is 4.93. The molecule has 100 valence electrons. The molecule has 0 radical (unpaired) electrons. The molecule has 0 aromatic carbocycles. The summed E-state index contributed by atoms with van der Waals surface area (Å²) in [6.45, 7) is 8.26. The summed E-state index contributed by atoms with van der Waals surface area (Å²) < 4.78 is 16.8. The van der Waals surface area contributed by atoms with Crippen molar-refractivity contribution in [2.75, 3.05) is 33.0 Å². The summed E-state index contributed by atoms with van der Waals surface area (Å²) in [7, 11) is 0. The van der Waals surface area contributed by atoms with Gasteiger partial charge in [-0.3, -0.25) is 0 Å². The highest BCUT2D eigenvalue weighted by Gasteiger charge is 2.41. The molecule has 0 aromatic heterocycles. The fourth-order valence-corrected chi connectivity index (χ4v) is 2.78. The highest BCUT2D eigenvalue weighted by atomic mass is 16.6. The van der Waals surface area contributed by atoms with Gasteiger partial charge in [-0.05, 0) is 26.7 Å². The molecule has 4 nitrogen and oxygen atoms in total. The molecule has 0 bridgehead atoms. The first-order valence-electron chi connectivity index (χ1n) is 6.79. The lowest BCUT2D eigenvalue weighted by Crippen LogP contribution is -2.50. The van der Waals surface area contributed by atoms with Gasteiger partial charge in [0.2, 0.25) is 0 Å². The molecule has 2 heterocycles. The van der Waals surface area contributed by atoms with Gasteiger partial charge >= 0.3 is 0 Å². The molecule has 1 N–H and O–H groups in total. The maximum Gasteiger partial charge on any atom is 0.0951 e. The summed E-state index contributed by atoms with van der Waals surface area (Å²) in [4.78, 5) is 0. The zero-order chi connectivity index (χ0) is 12.1. The first-order chi connectivity index (χ1) is 8.24. The van der Waals surface area contributed by atoms with E-state index in [9.17, 15) is 0 Å². The molecule has 2 rings (SSSR count). The molecule has 2 aliphatic rings. The van der Waals surface area contributed by atoms with E-state index in [1.165, 1.54) is 0 Å². The minimum absolute atomic E-state index is 0.00124. The van der Waals surface area contributed by atoms with Crippen molar-refractivity contribution < 1.29 is 14.2 Å². The number of rotatable bonds is 5. The largest absolute Gasteiger partial charge is 0.380 e. The third-order valence-corrected chi connectivity index (χ3v) is 3.65. The smallest absolute Gasteiger partial charge is 0.0951 e. The van der Waals surface area contributed by atoms with Crippen LogP contribution in [0, 0.1) is 0 Å². The SMILES string of the molecule is CCOCC(C)NC1CCOC2(CCOC2)C1. The Morgan fingerprint density at radius 1 is 1.47 bits per heavy atom. The van der Waals surface area contributed by atoms with Gasteiger partial charge in [0.15, 0.2) is 0 Å². The summed E-state index contributed by atoms with van der Waals surface area (Å²) in [6.07, 6.45) is 3.21. The first kappa shape index (κ1) is 13.3. The van der Waals surface area contributed by atoms with E-state index < -0.39 is 0 Å². The zero-order valence-electron chi connectivity index (χ0n) is 11.0. The molecule has 3 unspecified atom stereocenters. The van der Waals surface area contributed by atoms with Crippen molar-refractivity contribution >= 4 is 0 Å². The lowest BCUT2D eigenvalue weighted by molar-refractivity contribution is -0.0909. The molecular formula is C13H25NO3. The average Bonchev–Trinajstić information content (AvgIpc) is 2.74. The topological polar surface area (TPSA) is 39.7 Å². The van der Waals surface area contributed by atoms with E-state index in [1.807, 2.05) is 6.92 Å². The van der Waals surface area contributed by atoms with Crippen LogP contribution in [0.15, 0.2) is 0 Å². The Morgan fingerprint density at radius 3 is 3.06 bits per heavy atom. The van der Waals surface area contributed by atoms with Gasteiger partial charge in [0.25, 0.3) is 0 Å². The summed E-state index contributed by atoms with van der Waals surface area (Å²) in [6, 6.07) is 0.957. The van der Waals surface area contributed by atoms with Crippen molar-refractivity contribution in [3.05, 3.63) is 0 Å². The van der Waals surface area contributed by atoms with Gasteiger partial charge < -0.3 is 19.5 Å². The van der Waals surface area contributed by atoms with Crippen molar-refractivity contribution in [3.63, 3.8) is 0 Å². The van der Waals surface area contributed by atoms with E-state index in [0.29, 0.717) is 12.1 Å². The maximum absolute atomic E-state index is 5.92. The number of hydrogen-bond acceptors (Lipinski definition) is 4. The Morgan fingerprint density at radius 2 is 2.35 bits per heavy atom. The van der Waals surface area contributed by atoms with Crippen LogP contribution in [0.5, 0.6) is 0 Å². The van der Waals surface area contributed by atoms with Crippen LogP contribution in [0.4, 0.5) is 0 Å². The number of nitrogens with one attached hydrogen (secondary N) is 1. The van der Waals surface area contributed by atoms with E-state index in [1.54, 1.807) is 0 Å². The second-order valence-electron chi connectivity index (χ2n) is 5.25. The van der Waals surface area contributed by atoms with Crippen molar-refractivity contribution in [3.8, 4) is 0 Å². The van der Waals surface area contributed by atoms with Gasteiger partial charge in [0.05, 0.1) is 18.8 Å². The fraction of sp³-hybridized carbons (Fsp3) is 1.00. The van der Waals surface area contributed by atoms with Gasteiger partial charge in [0, 0.05) is 38.3 Å². The van der Waals surface area contributed by atoms with Gasteiger partial charge in [-0.2, -0.15) is 0 Å². The third kappa shape index (κ3) is 3.65.